The van der Waals surface area contributed by atoms with E-state index in [1.807, 2.05) is 24.0 Å². The number of aliphatic hydroxyl groups excluding tert-OH is 1. The van der Waals surface area contributed by atoms with E-state index in [1.165, 1.54) is 38.5 Å². The molecule has 0 bridgehead atoms. The Hall–Kier alpha value is -1.13. The molecule has 1 saturated carbocycles. The van der Waals surface area contributed by atoms with Gasteiger partial charge in [-0.1, -0.05) is 31.7 Å². The summed E-state index contributed by atoms with van der Waals surface area (Å²) in [6.07, 6.45) is 9.07. The van der Waals surface area contributed by atoms with E-state index in [9.17, 15) is 9.50 Å². The van der Waals surface area contributed by atoms with E-state index in [-0.39, 0.29) is 35.9 Å². The molecule has 8 heteroatoms. The number of benzene rings is 1. The highest BCUT2D eigenvalue weighted by molar-refractivity contribution is 14.0. The number of nitrogens with zero attached hydrogens (tertiary/aromatic N) is 2. The molecule has 2 fully saturated rings. The Balaban J connectivity index is 0.00000363. The van der Waals surface area contributed by atoms with Crippen molar-refractivity contribution in [2.45, 2.75) is 77.0 Å². The second-order valence-corrected chi connectivity index (χ2v) is 8.61. The van der Waals surface area contributed by atoms with Crippen molar-refractivity contribution in [2.75, 3.05) is 37.7 Å². The fourth-order valence-corrected chi connectivity index (χ4v) is 4.33. The predicted molar refractivity (Wildman–Crippen MR) is 140 cm³/mol. The van der Waals surface area contributed by atoms with Gasteiger partial charge in [0.2, 0.25) is 0 Å². The molecule has 0 atom stereocenters. The van der Waals surface area contributed by atoms with Crippen LogP contribution in [0.1, 0.15) is 63.9 Å². The minimum atomic E-state index is -0.262. The van der Waals surface area contributed by atoms with Gasteiger partial charge in [-0.25, -0.2) is 9.38 Å². The topological polar surface area (TPSA) is 69.1 Å². The summed E-state index contributed by atoms with van der Waals surface area (Å²) in [5, 5.41) is 16.2. The number of nitrogens with one attached hydrogen (secondary N) is 2. The maximum absolute atomic E-state index is 14.7. The molecule has 1 aliphatic heterocycles. The normalized spacial score (nSPS) is 18.7. The van der Waals surface area contributed by atoms with Crippen molar-refractivity contribution in [3.05, 3.63) is 29.6 Å². The Morgan fingerprint density at radius 1 is 1.12 bits per heavy atom. The summed E-state index contributed by atoms with van der Waals surface area (Å²) < 4.78 is 20.7. The first kappa shape index (κ1) is 27.1. The second kappa shape index (κ2) is 14.9. The van der Waals surface area contributed by atoms with Gasteiger partial charge in [0.15, 0.2) is 5.96 Å². The third kappa shape index (κ3) is 9.02. The molecular formula is C24H40FIN4O2. The van der Waals surface area contributed by atoms with E-state index < -0.39 is 0 Å². The zero-order chi connectivity index (χ0) is 21.9. The first-order chi connectivity index (χ1) is 15.2. The van der Waals surface area contributed by atoms with Crippen molar-refractivity contribution in [2.24, 2.45) is 4.99 Å². The Bertz CT molecular complexity index is 691. The average molecular weight is 563 g/mol. The molecular weight excluding hydrogens is 522 g/mol. The lowest BCUT2D eigenvalue weighted by atomic mass is 10.1. The van der Waals surface area contributed by atoms with Gasteiger partial charge in [0.05, 0.1) is 31.0 Å². The van der Waals surface area contributed by atoms with Crippen molar-refractivity contribution < 1.29 is 14.2 Å². The van der Waals surface area contributed by atoms with Crippen LogP contribution in [0.15, 0.2) is 23.2 Å². The van der Waals surface area contributed by atoms with Crippen LogP contribution in [0.3, 0.4) is 0 Å². The van der Waals surface area contributed by atoms with Crippen LogP contribution < -0.4 is 15.5 Å². The number of rotatable bonds is 8. The summed E-state index contributed by atoms with van der Waals surface area (Å²) in [5.41, 5.74) is 1.45. The van der Waals surface area contributed by atoms with E-state index in [4.69, 9.17) is 4.74 Å². The number of halogens is 2. The van der Waals surface area contributed by atoms with E-state index in [2.05, 4.69) is 15.6 Å². The highest BCUT2D eigenvalue weighted by Crippen LogP contribution is 2.24. The molecule has 1 aliphatic carbocycles. The van der Waals surface area contributed by atoms with Crippen LogP contribution in [-0.2, 0) is 11.3 Å². The fraction of sp³-hybridized carbons (Fsp3) is 0.708. The molecule has 182 valence electrons. The molecule has 0 radical (unpaired) electrons. The molecule has 1 heterocycles. The van der Waals surface area contributed by atoms with Crippen LogP contribution in [0, 0.1) is 5.82 Å². The number of hydrogen-bond acceptors (Lipinski definition) is 4. The van der Waals surface area contributed by atoms with Crippen LogP contribution in [-0.4, -0.2) is 56.1 Å². The van der Waals surface area contributed by atoms with Crippen molar-refractivity contribution in [1.29, 1.82) is 0 Å². The van der Waals surface area contributed by atoms with Crippen LogP contribution in [0.2, 0.25) is 0 Å². The molecule has 0 spiro atoms. The lowest BCUT2D eigenvalue weighted by molar-refractivity contribution is 0.0468. The summed E-state index contributed by atoms with van der Waals surface area (Å²) in [6, 6.07) is 5.34. The summed E-state index contributed by atoms with van der Waals surface area (Å²) in [6.45, 7) is 5.96. The summed E-state index contributed by atoms with van der Waals surface area (Å²) in [5.74, 6) is 0.500. The molecule has 0 unspecified atom stereocenters. The third-order valence-electron chi connectivity index (χ3n) is 6.13. The van der Waals surface area contributed by atoms with E-state index >= 15 is 0 Å². The van der Waals surface area contributed by atoms with Crippen LogP contribution in [0.4, 0.5) is 10.1 Å². The summed E-state index contributed by atoms with van der Waals surface area (Å²) >= 11 is 0. The molecule has 2 aliphatic rings. The Morgan fingerprint density at radius 2 is 1.84 bits per heavy atom. The summed E-state index contributed by atoms with van der Waals surface area (Å²) in [7, 11) is 0. The lowest BCUT2D eigenvalue weighted by Gasteiger charge is -2.31. The number of piperidine rings is 1. The third-order valence-corrected chi connectivity index (χ3v) is 6.13. The number of hydrogen-bond donors (Lipinski definition) is 3. The Kier molecular flexibility index (Phi) is 12.6. The molecule has 1 aromatic rings. The largest absolute Gasteiger partial charge is 0.393 e. The number of aliphatic imine (C=N–C) groups is 1. The van der Waals surface area contributed by atoms with E-state index in [1.54, 1.807) is 6.07 Å². The second-order valence-electron chi connectivity index (χ2n) is 8.61. The number of guanidine groups is 1. The molecule has 32 heavy (non-hydrogen) atoms. The maximum Gasteiger partial charge on any atom is 0.191 e. The van der Waals surface area contributed by atoms with Crippen LogP contribution in [0.5, 0.6) is 0 Å². The quantitative estimate of drug-likeness (QED) is 0.146. The monoisotopic (exact) mass is 562 g/mol. The smallest absolute Gasteiger partial charge is 0.191 e. The number of anilines is 1. The van der Waals surface area contributed by atoms with E-state index in [0.29, 0.717) is 57.4 Å². The van der Waals surface area contributed by atoms with E-state index in [0.717, 1.165) is 18.1 Å². The van der Waals surface area contributed by atoms with Crippen molar-refractivity contribution >= 4 is 35.6 Å². The van der Waals surface area contributed by atoms with Crippen LogP contribution in [0.25, 0.3) is 0 Å². The van der Waals surface area contributed by atoms with Gasteiger partial charge in [0, 0.05) is 26.2 Å². The number of aliphatic hydroxyl groups is 1. The van der Waals surface area contributed by atoms with Crippen LogP contribution >= 0.6 is 24.0 Å². The SMILES string of the molecule is CCNC(=NCc1ccc(N2CCC(O)CC2)c(F)c1)NCCOC1CCCCCC1.I. The average Bonchev–Trinajstić information content (AvgIpc) is 3.05. The molecule has 1 saturated heterocycles. The minimum Gasteiger partial charge on any atom is -0.393 e. The van der Waals surface area contributed by atoms with Crippen molar-refractivity contribution in [1.82, 2.24) is 10.6 Å². The van der Waals surface area contributed by atoms with Gasteiger partial charge in [0.25, 0.3) is 0 Å². The standard InChI is InChI=1S/C24H39FN4O2.HI/c1-2-26-24(27-13-16-31-21-7-5-3-4-6-8-21)28-18-19-9-10-23(22(25)17-19)29-14-11-20(30)12-15-29;/h9-10,17,20-21,30H,2-8,11-16,18H2,1H3,(H2,26,27,28);1H. The summed E-state index contributed by atoms with van der Waals surface area (Å²) in [4.78, 5) is 6.61. The molecule has 6 nitrogen and oxygen atoms in total. The molecule has 3 N–H and O–H groups in total. The maximum atomic E-state index is 14.7. The lowest BCUT2D eigenvalue weighted by Crippen LogP contribution is -2.39. The minimum absolute atomic E-state index is 0. The highest BCUT2D eigenvalue weighted by Gasteiger charge is 2.19. The van der Waals surface area contributed by atoms with Gasteiger partial charge in [0.1, 0.15) is 5.82 Å². The van der Waals surface area contributed by atoms with Gasteiger partial charge in [-0.2, -0.15) is 0 Å². The van der Waals surface area contributed by atoms with Gasteiger partial charge < -0.3 is 25.4 Å². The van der Waals surface area contributed by atoms with Crippen molar-refractivity contribution in [3.8, 4) is 0 Å². The number of ether oxygens (including phenoxy) is 1. The predicted octanol–water partition coefficient (Wildman–Crippen LogP) is 4.20. The Morgan fingerprint density at radius 3 is 2.50 bits per heavy atom. The molecule has 1 aromatic carbocycles. The first-order valence-electron chi connectivity index (χ1n) is 12.0. The van der Waals surface area contributed by atoms with Gasteiger partial charge in [-0.15, -0.1) is 24.0 Å². The molecule has 0 aromatic heterocycles. The zero-order valence-electron chi connectivity index (χ0n) is 19.3. The molecule has 0 amide bonds. The van der Waals surface area contributed by atoms with Gasteiger partial charge in [-0.05, 0) is 50.3 Å². The Labute approximate surface area is 209 Å². The van der Waals surface area contributed by atoms with Crippen molar-refractivity contribution in [3.63, 3.8) is 0 Å². The fourth-order valence-electron chi connectivity index (χ4n) is 4.33. The van der Waals surface area contributed by atoms with Gasteiger partial charge in [-0.3, -0.25) is 0 Å². The van der Waals surface area contributed by atoms with Gasteiger partial charge >= 0.3 is 0 Å². The first-order valence-corrected chi connectivity index (χ1v) is 12.0. The zero-order valence-corrected chi connectivity index (χ0v) is 21.7. The molecule has 3 rings (SSSR count). The highest BCUT2D eigenvalue weighted by atomic mass is 127.